The predicted octanol–water partition coefficient (Wildman–Crippen LogP) is 3.41. The molecule has 0 saturated carbocycles. The lowest BCUT2D eigenvalue weighted by Gasteiger charge is -2.10. The van der Waals surface area contributed by atoms with Crippen LogP contribution in [0.3, 0.4) is 0 Å². The van der Waals surface area contributed by atoms with E-state index in [1.165, 1.54) is 18.2 Å². The molecule has 2 aromatic carbocycles. The highest BCUT2D eigenvalue weighted by atomic mass is 79.9. The molecular weight excluding hydrogens is 338 g/mol. The number of carboxylic acids is 1. The van der Waals surface area contributed by atoms with Crippen molar-refractivity contribution in [3.8, 4) is 5.75 Å². The van der Waals surface area contributed by atoms with Crippen molar-refractivity contribution in [2.24, 2.45) is 0 Å². The Hall–Kier alpha value is -2.34. The highest BCUT2D eigenvalue weighted by Crippen LogP contribution is 2.28. The van der Waals surface area contributed by atoms with E-state index in [2.05, 4.69) is 21.2 Å². The number of anilines is 1. The second kappa shape index (κ2) is 5.97. The fourth-order valence-corrected chi connectivity index (χ4v) is 2.36. The molecule has 0 unspecified atom stereocenters. The molecule has 3 N–H and O–H groups in total. The minimum absolute atomic E-state index is 0.0576. The average Bonchev–Trinajstić information content (AvgIpc) is 2.40. The van der Waals surface area contributed by atoms with Crippen LogP contribution < -0.4 is 5.32 Å². The highest BCUT2D eigenvalue weighted by molar-refractivity contribution is 9.10. The first-order chi connectivity index (χ1) is 9.90. The summed E-state index contributed by atoms with van der Waals surface area (Å²) in [4.78, 5) is 23.1. The van der Waals surface area contributed by atoms with Crippen LogP contribution in [0, 0.1) is 6.92 Å². The van der Waals surface area contributed by atoms with Crippen molar-refractivity contribution in [3.05, 3.63) is 57.6 Å². The first-order valence-corrected chi connectivity index (χ1v) is 6.82. The normalized spacial score (nSPS) is 10.2. The van der Waals surface area contributed by atoms with Gasteiger partial charge < -0.3 is 15.5 Å². The molecule has 0 saturated heterocycles. The van der Waals surface area contributed by atoms with Gasteiger partial charge in [0.2, 0.25) is 0 Å². The van der Waals surface area contributed by atoms with Crippen LogP contribution in [0.25, 0.3) is 0 Å². The van der Waals surface area contributed by atoms with Crippen LogP contribution in [0.1, 0.15) is 26.3 Å². The molecule has 0 atom stereocenters. The number of benzene rings is 2. The molecule has 1 amide bonds. The fraction of sp³-hybridized carbons (Fsp3) is 0.0667. The maximum atomic E-state index is 12.2. The number of aromatic hydroxyl groups is 1. The SMILES string of the molecule is Cc1cc(Br)ccc1C(=O)Nc1cccc(C(=O)O)c1O. The van der Waals surface area contributed by atoms with Crippen molar-refractivity contribution in [2.45, 2.75) is 6.92 Å². The van der Waals surface area contributed by atoms with E-state index in [9.17, 15) is 14.7 Å². The van der Waals surface area contributed by atoms with Gasteiger partial charge >= 0.3 is 5.97 Å². The predicted molar refractivity (Wildman–Crippen MR) is 81.9 cm³/mol. The summed E-state index contributed by atoms with van der Waals surface area (Å²) in [6.45, 7) is 1.78. The zero-order chi connectivity index (χ0) is 15.6. The lowest BCUT2D eigenvalue weighted by molar-refractivity contribution is 0.0693. The fourth-order valence-electron chi connectivity index (χ4n) is 1.89. The van der Waals surface area contributed by atoms with E-state index in [0.29, 0.717) is 5.56 Å². The number of carboxylic acid groups (broad SMARTS) is 1. The largest absolute Gasteiger partial charge is 0.505 e. The van der Waals surface area contributed by atoms with E-state index in [0.717, 1.165) is 10.0 Å². The summed E-state index contributed by atoms with van der Waals surface area (Å²) in [5.41, 5.74) is 0.997. The first kappa shape index (κ1) is 15.1. The van der Waals surface area contributed by atoms with Crippen LogP contribution in [0.15, 0.2) is 40.9 Å². The number of halogens is 1. The van der Waals surface area contributed by atoms with E-state index >= 15 is 0 Å². The molecule has 0 aromatic heterocycles. The monoisotopic (exact) mass is 349 g/mol. The van der Waals surface area contributed by atoms with Crippen LogP contribution in [-0.2, 0) is 0 Å². The molecule has 0 radical (unpaired) electrons. The van der Waals surface area contributed by atoms with Crippen LogP contribution in [-0.4, -0.2) is 22.1 Å². The number of amides is 1. The van der Waals surface area contributed by atoms with Crippen LogP contribution >= 0.6 is 15.9 Å². The van der Waals surface area contributed by atoms with Crippen molar-refractivity contribution in [3.63, 3.8) is 0 Å². The molecule has 0 bridgehead atoms. The Morgan fingerprint density at radius 1 is 1.14 bits per heavy atom. The van der Waals surface area contributed by atoms with E-state index in [4.69, 9.17) is 5.11 Å². The van der Waals surface area contributed by atoms with Gasteiger partial charge in [-0.15, -0.1) is 0 Å². The summed E-state index contributed by atoms with van der Waals surface area (Å²) in [5.74, 6) is -2.14. The number of carbonyl (C=O) groups excluding carboxylic acids is 1. The third kappa shape index (κ3) is 3.22. The second-order valence-electron chi connectivity index (χ2n) is 4.42. The lowest BCUT2D eigenvalue weighted by Crippen LogP contribution is -2.14. The average molecular weight is 350 g/mol. The van der Waals surface area contributed by atoms with Crippen LogP contribution in [0.5, 0.6) is 5.75 Å². The van der Waals surface area contributed by atoms with Gasteiger partial charge in [0.25, 0.3) is 5.91 Å². The Morgan fingerprint density at radius 2 is 1.86 bits per heavy atom. The quantitative estimate of drug-likeness (QED) is 0.741. The third-order valence-electron chi connectivity index (χ3n) is 2.95. The van der Waals surface area contributed by atoms with Crippen molar-refractivity contribution in [2.75, 3.05) is 5.32 Å². The van der Waals surface area contributed by atoms with Gasteiger partial charge in [-0.05, 0) is 42.8 Å². The molecular formula is C15H12BrNO4. The number of hydrogen-bond acceptors (Lipinski definition) is 3. The van der Waals surface area contributed by atoms with E-state index in [1.807, 2.05) is 0 Å². The summed E-state index contributed by atoms with van der Waals surface area (Å²) >= 11 is 3.31. The molecule has 21 heavy (non-hydrogen) atoms. The summed E-state index contributed by atoms with van der Waals surface area (Å²) in [6, 6.07) is 9.32. The molecule has 2 aromatic rings. The van der Waals surface area contributed by atoms with Crippen LogP contribution in [0.4, 0.5) is 5.69 Å². The number of aromatic carboxylic acids is 1. The molecule has 0 aliphatic heterocycles. The van der Waals surface area contributed by atoms with Crippen molar-refractivity contribution in [1.82, 2.24) is 0 Å². The molecule has 0 heterocycles. The van der Waals surface area contributed by atoms with E-state index < -0.39 is 17.6 Å². The smallest absolute Gasteiger partial charge is 0.339 e. The summed E-state index contributed by atoms with van der Waals surface area (Å²) < 4.78 is 0.854. The minimum Gasteiger partial charge on any atom is -0.505 e. The molecule has 6 heteroatoms. The van der Waals surface area contributed by atoms with Crippen LogP contribution in [0.2, 0.25) is 0 Å². The Labute approximate surface area is 129 Å². The van der Waals surface area contributed by atoms with Crippen molar-refractivity contribution in [1.29, 1.82) is 0 Å². The third-order valence-corrected chi connectivity index (χ3v) is 3.44. The molecule has 0 spiro atoms. The van der Waals surface area contributed by atoms with Gasteiger partial charge in [-0.25, -0.2) is 4.79 Å². The topological polar surface area (TPSA) is 86.6 Å². The summed E-state index contributed by atoms with van der Waals surface area (Å²) in [5, 5.41) is 21.3. The summed E-state index contributed by atoms with van der Waals surface area (Å²) in [7, 11) is 0. The van der Waals surface area contributed by atoms with Gasteiger partial charge in [-0.3, -0.25) is 4.79 Å². The number of carbonyl (C=O) groups is 2. The molecule has 0 aliphatic carbocycles. The molecule has 0 fully saturated rings. The van der Waals surface area contributed by atoms with E-state index in [-0.39, 0.29) is 11.3 Å². The Bertz CT molecular complexity index is 728. The number of rotatable bonds is 3. The van der Waals surface area contributed by atoms with E-state index in [1.54, 1.807) is 25.1 Å². The van der Waals surface area contributed by atoms with Gasteiger partial charge in [0, 0.05) is 10.0 Å². The standard InChI is InChI=1S/C15H12BrNO4/c1-8-7-9(16)5-6-10(8)14(19)17-12-4-2-3-11(13(12)18)15(20)21/h2-7,18H,1H3,(H,17,19)(H,20,21). The zero-order valence-electron chi connectivity index (χ0n) is 11.1. The number of hydrogen-bond donors (Lipinski definition) is 3. The molecule has 2 rings (SSSR count). The van der Waals surface area contributed by atoms with Gasteiger partial charge in [-0.2, -0.15) is 0 Å². The van der Waals surface area contributed by atoms with Crippen molar-refractivity contribution >= 4 is 33.5 Å². The number of aryl methyl sites for hydroxylation is 1. The number of nitrogens with one attached hydrogen (secondary N) is 1. The molecule has 0 aliphatic rings. The van der Waals surface area contributed by atoms with Gasteiger partial charge in [0.1, 0.15) is 5.56 Å². The maximum Gasteiger partial charge on any atom is 0.339 e. The maximum absolute atomic E-state index is 12.2. The second-order valence-corrected chi connectivity index (χ2v) is 5.34. The Morgan fingerprint density at radius 3 is 2.48 bits per heavy atom. The highest BCUT2D eigenvalue weighted by Gasteiger charge is 2.16. The van der Waals surface area contributed by atoms with Gasteiger partial charge in [0.15, 0.2) is 5.75 Å². The number of phenols is 1. The van der Waals surface area contributed by atoms with Gasteiger partial charge in [0.05, 0.1) is 5.69 Å². The lowest BCUT2D eigenvalue weighted by atomic mass is 10.1. The minimum atomic E-state index is -1.26. The molecule has 108 valence electrons. The number of para-hydroxylation sites is 1. The van der Waals surface area contributed by atoms with Crippen molar-refractivity contribution < 1.29 is 19.8 Å². The first-order valence-electron chi connectivity index (χ1n) is 6.03. The zero-order valence-corrected chi connectivity index (χ0v) is 12.6. The van der Waals surface area contributed by atoms with Gasteiger partial charge in [-0.1, -0.05) is 22.0 Å². The Balaban J connectivity index is 2.32. The Kier molecular flexibility index (Phi) is 4.28. The summed E-state index contributed by atoms with van der Waals surface area (Å²) in [6.07, 6.45) is 0. The molecule has 5 nitrogen and oxygen atoms in total.